The van der Waals surface area contributed by atoms with Gasteiger partial charge in [0, 0.05) is 6.42 Å². The quantitative estimate of drug-likeness (QED) is 0.760. The van der Waals surface area contributed by atoms with Gasteiger partial charge in [-0.1, -0.05) is 18.3 Å². The molecule has 3 aromatic heterocycles. The van der Waals surface area contributed by atoms with Crippen molar-refractivity contribution in [3.8, 4) is 10.8 Å². The second-order valence-electron chi connectivity index (χ2n) is 3.54. The number of hydrogen-bond acceptors (Lipinski definition) is 6. The predicted octanol–water partition coefficient (Wildman–Crippen LogP) is 1.47. The first kappa shape index (κ1) is 10.4. The van der Waals surface area contributed by atoms with Gasteiger partial charge in [-0.2, -0.15) is 4.52 Å². The van der Waals surface area contributed by atoms with Gasteiger partial charge in [0.25, 0.3) is 0 Å². The molecule has 0 aliphatic carbocycles. The SMILES string of the molecule is CCc1nnc2sc(-c3ccc(CN)o3)nn12. The average molecular weight is 249 g/mol. The molecule has 0 fully saturated rings. The van der Waals surface area contributed by atoms with Crippen molar-refractivity contribution in [2.75, 3.05) is 0 Å². The molecule has 0 spiro atoms. The zero-order valence-electron chi connectivity index (χ0n) is 9.25. The van der Waals surface area contributed by atoms with Crippen LogP contribution in [-0.4, -0.2) is 19.8 Å². The van der Waals surface area contributed by atoms with E-state index in [1.807, 2.05) is 19.1 Å². The lowest BCUT2D eigenvalue weighted by molar-refractivity contribution is 0.524. The smallest absolute Gasteiger partial charge is 0.235 e. The number of aryl methyl sites for hydroxylation is 1. The normalized spacial score (nSPS) is 11.4. The van der Waals surface area contributed by atoms with E-state index in [0.29, 0.717) is 6.54 Å². The number of nitrogens with two attached hydrogens (primary N) is 1. The second kappa shape index (κ2) is 3.94. The van der Waals surface area contributed by atoms with Gasteiger partial charge >= 0.3 is 0 Å². The fourth-order valence-corrected chi connectivity index (χ4v) is 2.40. The Labute approximate surface area is 101 Å². The molecule has 88 valence electrons. The summed E-state index contributed by atoms with van der Waals surface area (Å²) in [6, 6.07) is 3.73. The summed E-state index contributed by atoms with van der Waals surface area (Å²) in [6.07, 6.45) is 0.802. The van der Waals surface area contributed by atoms with E-state index in [2.05, 4.69) is 15.3 Å². The van der Waals surface area contributed by atoms with Crippen LogP contribution in [0, 0.1) is 0 Å². The summed E-state index contributed by atoms with van der Waals surface area (Å²) in [5, 5.41) is 13.3. The molecule has 0 aromatic carbocycles. The van der Waals surface area contributed by atoms with E-state index < -0.39 is 0 Å². The van der Waals surface area contributed by atoms with Crippen molar-refractivity contribution in [1.82, 2.24) is 19.8 Å². The summed E-state index contributed by atoms with van der Waals surface area (Å²) in [7, 11) is 0. The zero-order chi connectivity index (χ0) is 11.8. The summed E-state index contributed by atoms with van der Waals surface area (Å²) in [5.41, 5.74) is 5.50. The number of furan rings is 1. The van der Waals surface area contributed by atoms with E-state index in [4.69, 9.17) is 10.2 Å². The molecule has 0 saturated carbocycles. The summed E-state index contributed by atoms with van der Waals surface area (Å²) >= 11 is 1.45. The van der Waals surface area contributed by atoms with E-state index in [-0.39, 0.29) is 0 Å². The first-order valence-electron chi connectivity index (χ1n) is 5.32. The summed E-state index contributed by atoms with van der Waals surface area (Å²) in [5.74, 6) is 2.33. The maximum Gasteiger partial charge on any atom is 0.235 e. The molecule has 0 amide bonds. The molecule has 0 bridgehead atoms. The van der Waals surface area contributed by atoms with Crippen LogP contribution in [-0.2, 0) is 13.0 Å². The first-order chi connectivity index (χ1) is 8.31. The lowest BCUT2D eigenvalue weighted by atomic mass is 10.4. The number of fused-ring (bicyclic) bond motifs is 1. The average Bonchev–Trinajstić information content (AvgIpc) is 3.02. The molecule has 0 radical (unpaired) electrons. The molecule has 3 aromatic rings. The van der Waals surface area contributed by atoms with Crippen LogP contribution in [0.15, 0.2) is 16.5 Å². The largest absolute Gasteiger partial charge is 0.457 e. The van der Waals surface area contributed by atoms with Crippen LogP contribution < -0.4 is 5.73 Å². The van der Waals surface area contributed by atoms with E-state index in [1.165, 1.54) is 11.3 Å². The van der Waals surface area contributed by atoms with Crippen molar-refractivity contribution in [2.45, 2.75) is 19.9 Å². The first-order valence-corrected chi connectivity index (χ1v) is 6.13. The fraction of sp³-hybridized carbons (Fsp3) is 0.300. The van der Waals surface area contributed by atoms with Crippen molar-refractivity contribution in [2.24, 2.45) is 5.73 Å². The topological polar surface area (TPSA) is 82.2 Å². The maximum absolute atomic E-state index is 5.55. The monoisotopic (exact) mass is 249 g/mol. The van der Waals surface area contributed by atoms with Crippen LogP contribution >= 0.6 is 11.3 Å². The van der Waals surface area contributed by atoms with Gasteiger partial charge in [-0.15, -0.1) is 15.3 Å². The Kier molecular flexibility index (Phi) is 2.41. The molecule has 0 saturated heterocycles. The third kappa shape index (κ3) is 1.63. The minimum absolute atomic E-state index is 0.393. The Morgan fingerprint density at radius 2 is 2.29 bits per heavy atom. The van der Waals surface area contributed by atoms with Crippen LogP contribution in [0.4, 0.5) is 0 Å². The van der Waals surface area contributed by atoms with Gasteiger partial charge in [0.2, 0.25) is 4.96 Å². The van der Waals surface area contributed by atoms with Gasteiger partial charge in [0.15, 0.2) is 16.6 Å². The summed E-state index contributed by atoms with van der Waals surface area (Å²) < 4.78 is 7.31. The molecule has 0 aliphatic heterocycles. The van der Waals surface area contributed by atoms with Crippen LogP contribution in [0.25, 0.3) is 15.7 Å². The summed E-state index contributed by atoms with van der Waals surface area (Å²) in [6.45, 7) is 2.42. The Hall–Kier alpha value is -1.73. The standard InChI is InChI=1S/C10H11N5OS/c1-2-8-12-13-10-15(8)14-9(17-10)7-4-3-6(5-11)16-7/h3-4H,2,5,11H2,1H3. The van der Waals surface area contributed by atoms with Crippen molar-refractivity contribution < 1.29 is 4.42 Å². The fourth-order valence-electron chi connectivity index (χ4n) is 1.58. The van der Waals surface area contributed by atoms with Gasteiger partial charge in [0.05, 0.1) is 6.54 Å². The molecule has 3 rings (SSSR count). The zero-order valence-corrected chi connectivity index (χ0v) is 10.1. The van der Waals surface area contributed by atoms with Crippen LogP contribution in [0.3, 0.4) is 0 Å². The van der Waals surface area contributed by atoms with Crippen molar-refractivity contribution in [3.05, 3.63) is 23.7 Å². The lowest BCUT2D eigenvalue weighted by Crippen LogP contribution is -1.93. The van der Waals surface area contributed by atoms with E-state index in [1.54, 1.807) is 4.52 Å². The van der Waals surface area contributed by atoms with Crippen molar-refractivity contribution in [1.29, 1.82) is 0 Å². The molecular formula is C10H11N5OS. The third-order valence-corrected chi connectivity index (χ3v) is 3.36. The molecule has 0 atom stereocenters. The highest BCUT2D eigenvalue weighted by molar-refractivity contribution is 7.19. The molecule has 17 heavy (non-hydrogen) atoms. The molecule has 0 aliphatic rings. The molecule has 2 N–H and O–H groups in total. The van der Waals surface area contributed by atoms with E-state index in [0.717, 1.165) is 33.7 Å². The highest BCUT2D eigenvalue weighted by atomic mass is 32.1. The van der Waals surface area contributed by atoms with Gasteiger partial charge in [-0.3, -0.25) is 0 Å². The molecule has 0 unspecified atom stereocenters. The Morgan fingerprint density at radius 1 is 1.41 bits per heavy atom. The minimum atomic E-state index is 0.393. The van der Waals surface area contributed by atoms with Crippen LogP contribution in [0.5, 0.6) is 0 Å². The molecular weight excluding hydrogens is 238 g/mol. The Morgan fingerprint density at radius 3 is 3.00 bits per heavy atom. The Balaban J connectivity index is 2.08. The highest BCUT2D eigenvalue weighted by Crippen LogP contribution is 2.27. The van der Waals surface area contributed by atoms with E-state index in [9.17, 15) is 0 Å². The van der Waals surface area contributed by atoms with Gasteiger partial charge < -0.3 is 10.2 Å². The van der Waals surface area contributed by atoms with Crippen molar-refractivity contribution >= 4 is 16.3 Å². The molecule has 6 nitrogen and oxygen atoms in total. The van der Waals surface area contributed by atoms with Gasteiger partial charge in [0.1, 0.15) is 5.76 Å². The highest BCUT2D eigenvalue weighted by Gasteiger charge is 2.14. The lowest BCUT2D eigenvalue weighted by Gasteiger charge is -1.90. The predicted molar refractivity (Wildman–Crippen MR) is 63.6 cm³/mol. The van der Waals surface area contributed by atoms with E-state index >= 15 is 0 Å². The summed E-state index contributed by atoms with van der Waals surface area (Å²) in [4.78, 5) is 0.780. The minimum Gasteiger partial charge on any atom is -0.457 e. The Bertz CT molecular complexity index is 653. The molecule has 3 heterocycles. The molecule has 7 heteroatoms. The van der Waals surface area contributed by atoms with Gasteiger partial charge in [-0.05, 0) is 12.1 Å². The van der Waals surface area contributed by atoms with Crippen molar-refractivity contribution in [3.63, 3.8) is 0 Å². The van der Waals surface area contributed by atoms with Crippen LogP contribution in [0.2, 0.25) is 0 Å². The maximum atomic E-state index is 5.55. The number of aromatic nitrogens is 4. The number of nitrogens with zero attached hydrogens (tertiary/aromatic N) is 4. The number of hydrogen-bond donors (Lipinski definition) is 1. The van der Waals surface area contributed by atoms with Crippen LogP contribution in [0.1, 0.15) is 18.5 Å². The van der Waals surface area contributed by atoms with Gasteiger partial charge in [-0.25, -0.2) is 0 Å². The number of rotatable bonds is 3. The second-order valence-corrected chi connectivity index (χ2v) is 4.50. The third-order valence-electron chi connectivity index (χ3n) is 2.45.